The third-order valence-corrected chi connectivity index (χ3v) is 12.0. The molecule has 0 amide bonds. The molecular weight excluding hydrogens is 749 g/mol. The second-order valence-electron chi connectivity index (χ2n) is 15.6. The first-order chi connectivity index (χ1) is 30.8. The van der Waals surface area contributed by atoms with Crippen molar-refractivity contribution >= 4 is 38.9 Å². The zero-order valence-corrected chi connectivity index (χ0v) is 34.1. The number of rotatable bonds is 9. The number of fused-ring (bicyclic) bond motifs is 3. The Morgan fingerprint density at radius 3 is 1.35 bits per heavy atom. The molecule has 0 unspecified atom stereocenters. The van der Waals surface area contributed by atoms with E-state index in [1.54, 1.807) is 0 Å². The van der Waals surface area contributed by atoms with Crippen molar-refractivity contribution in [3.8, 4) is 61.3 Å². The van der Waals surface area contributed by atoms with Crippen LogP contribution >= 0.6 is 0 Å². The lowest BCUT2D eigenvalue weighted by molar-refractivity contribution is 1.18. The fourth-order valence-corrected chi connectivity index (χ4v) is 9.24. The van der Waals surface area contributed by atoms with E-state index in [-0.39, 0.29) is 0 Å². The number of para-hydroxylation sites is 4. The standard InChI is InChI=1S/C60H42N2/c1-4-21-43(22-5-1)44-39-41-47(42-40-44)50-29-13-17-34-55(50)62-57-36-19-15-32-53(57)60-58(37-20-38-59(60)62)61(54-33-16-12-28-49(54)46-25-8-3-9-26-46)56-35-18-14-31-52(56)51-30-11-10-27-48(51)45-23-6-2-7-24-45/h1-42H. The highest BCUT2D eigenvalue weighted by molar-refractivity contribution is 6.17. The minimum absolute atomic E-state index is 1.10. The maximum atomic E-state index is 2.51. The molecule has 0 radical (unpaired) electrons. The fourth-order valence-electron chi connectivity index (χ4n) is 9.24. The minimum atomic E-state index is 1.10. The highest BCUT2D eigenvalue weighted by Crippen LogP contribution is 2.50. The van der Waals surface area contributed by atoms with Crippen LogP contribution in [0.25, 0.3) is 83.1 Å². The number of aromatic nitrogens is 1. The van der Waals surface area contributed by atoms with Crippen LogP contribution in [-0.2, 0) is 0 Å². The average molecular weight is 791 g/mol. The first kappa shape index (κ1) is 36.8. The zero-order valence-electron chi connectivity index (χ0n) is 34.1. The first-order valence-corrected chi connectivity index (χ1v) is 21.3. The molecule has 0 bridgehead atoms. The predicted molar refractivity (Wildman–Crippen MR) is 263 cm³/mol. The van der Waals surface area contributed by atoms with Crippen molar-refractivity contribution < 1.29 is 0 Å². The van der Waals surface area contributed by atoms with Gasteiger partial charge in [0.1, 0.15) is 0 Å². The Morgan fingerprint density at radius 2 is 0.661 bits per heavy atom. The maximum absolute atomic E-state index is 2.51. The van der Waals surface area contributed by atoms with E-state index < -0.39 is 0 Å². The summed E-state index contributed by atoms with van der Waals surface area (Å²) in [6, 6.07) is 92.1. The Labute approximate surface area is 362 Å². The summed E-state index contributed by atoms with van der Waals surface area (Å²) in [5.74, 6) is 0. The van der Waals surface area contributed by atoms with Crippen LogP contribution in [0.1, 0.15) is 0 Å². The molecule has 2 heteroatoms. The number of benzene rings is 10. The molecule has 292 valence electrons. The molecule has 0 aliphatic rings. The quantitative estimate of drug-likeness (QED) is 0.141. The molecule has 2 nitrogen and oxygen atoms in total. The largest absolute Gasteiger partial charge is 0.309 e. The summed E-state index contributed by atoms with van der Waals surface area (Å²) in [5.41, 5.74) is 18.5. The van der Waals surface area contributed by atoms with Crippen molar-refractivity contribution in [2.75, 3.05) is 4.90 Å². The van der Waals surface area contributed by atoms with Gasteiger partial charge >= 0.3 is 0 Å². The molecule has 0 atom stereocenters. The van der Waals surface area contributed by atoms with Crippen molar-refractivity contribution in [3.63, 3.8) is 0 Å². The van der Waals surface area contributed by atoms with Crippen LogP contribution in [0.5, 0.6) is 0 Å². The van der Waals surface area contributed by atoms with Gasteiger partial charge in [-0.25, -0.2) is 0 Å². The fraction of sp³-hybridized carbons (Fsp3) is 0. The maximum Gasteiger partial charge on any atom is 0.0562 e. The summed E-state index contributed by atoms with van der Waals surface area (Å²) in [6.07, 6.45) is 0. The Bertz CT molecular complexity index is 3330. The van der Waals surface area contributed by atoms with Crippen LogP contribution in [0.15, 0.2) is 255 Å². The van der Waals surface area contributed by atoms with Crippen molar-refractivity contribution in [2.24, 2.45) is 0 Å². The topological polar surface area (TPSA) is 8.17 Å². The number of anilines is 3. The molecule has 1 aromatic heterocycles. The average Bonchev–Trinajstić information content (AvgIpc) is 3.70. The summed E-state index contributed by atoms with van der Waals surface area (Å²) in [7, 11) is 0. The van der Waals surface area contributed by atoms with E-state index in [2.05, 4.69) is 264 Å². The highest BCUT2D eigenvalue weighted by Gasteiger charge is 2.26. The van der Waals surface area contributed by atoms with Gasteiger partial charge in [-0.3, -0.25) is 0 Å². The minimum Gasteiger partial charge on any atom is -0.309 e. The number of hydrogen-bond donors (Lipinski definition) is 0. The van der Waals surface area contributed by atoms with Gasteiger partial charge in [0, 0.05) is 27.5 Å². The van der Waals surface area contributed by atoms with E-state index in [0.717, 1.165) is 50.5 Å². The molecular formula is C60H42N2. The molecule has 62 heavy (non-hydrogen) atoms. The summed E-state index contributed by atoms with van der Waals surface area (Å²) in [4.78, 5) is 2.51. The van der Waals surface area contributed by atoms with E-state index in [9.17, 15) is 0 Å². The molecule has 0 saturated heterocycles. The van der Waals surface area contributed by atoms with Crippen LogP contribution in [0, 0.1) is 0 Å². The van der Waals surface area contributed by atoms with Crippen molar-refractivity contribution in [1.82, 2.24) is 4.57 Å². The number of hydrogen-bond acceptors (Lipinski definition) is 1. The van der Waals surface area contributed by atoms with Gasteiger partial charge in [-0.15, -0.1) is 0 Å². The van der Waals surface area contributed by atoms with Gasteiger partial charge in [-0.05, 0) is 75.3 Å². The van der Waals surface area contributed by atoms with E-state index in [4.69, 9.17) is 0 Å². The molecule has 0 spiro atoms. The van der Waals surface area contributed by atoms with Gasteiger partial charge in [-0.2, -0.15) is 0 Å². The smallest absolute Gasteiger partial charge is 0.0562 e. The molecule has 0 aliphatic carbocycles. The van der Waals surface area contributed by atoms with Crippen molar-refractivity contribution in [3.05, 3.63) is 255 Å². The molecule has 0 saturated carbocycles. The molecule has 1 heterocycles. The Kier molecular flexibility index (Phi) is 9.57. The monoisotopic (exact) mass is 790 g/mol. The van der Waals surface area contributed by atoms with Crippen LogP contribution in [0.2, 0.25) is 0 Å². The van der Waals surface area contributed by atoms with Gasteiger partial charge in [0.25, 0.3) is 0 Å². The zero-order chi connectivity index (χ0) is 41.2. The van der Waals surface area contributed by atoms with Crippen molar-refractivity contribution in [1.29, 1.82) is 0 Å². The molecule has 10 aromatic carbocycles. The van der Waals surface area contributed by atoms with Gasteiger partial charge < -0.3 is 9.47 Å². The Balaban J connectivity index is 1.17. The lowest BCUT2D eigenvalue weighted by Gasteiger charge is -2.31. The normalized spacial score (nSPS) is 11.2. The molecule has 0 fully saturated rings. The van der Waals surface area contributed by atoms with E-state index >= 15 is 0 Å². The van der Waals surface area contributed by atoms with Crippen LogP contribution in [0.4, 0.5) is 17.1 Å². The van der Waals surface area contributed by atoms with Crippen LogP contribution in [0.3, 0.4) is 0 Å². The lowest BCUT2D eigenvalue weighted by atomic mass is 9.92. The summed E-state index contributed by atoms with van der Waals surface area (Å²) >= 11 is 0. The summed E-state index contributed by atoms with van der Waals surface area (Å²) in [5, 5.41) is 2.38. The molecule has 0 aliphatic heterocycles. The SMILES string of the molecule is c1ccc(-c2ccc(-c3ccccc3-n3c4ccccc4c4c(N(c5ccccc5-c5ccccc5)c5ccccc5-c5ccccc5-c5ccccc5)cccc43)cc2)cc1. The summed E-state index contributed by atoms with van der Waals surface area (Å²) < 4.78 is 2.46. The highest BCUT2D eigenvalue weighted by atomic mass is 15.2. The Hall–Kier alpha value is -8.20. The number of nitrogens with zero attached hydrogens (tertiary/aromatic N) is 2. The Morgan fingerprint density at radius 1 is 0.242 bits per heavy atom. The van der Waals surface area contributed by atoms with Crippen LogP contribution in [-0.4, -0.2) is 4.57 Å². The van der Waals surface area contributed by atoms with E-state index in [0.29, 0.717) is 0 Å². The van der Waals surface area contributed by atoms with Crippen molar-refractivity contribution in [2.45, 2.75) is 0 Å². The molecule has 0 N–H and O–H groups in total. The van der Waals surface area contributed by atoms with Gasteiger partial charge in [0.05, 0.1) is 33.8 Å². The van der Waals surface area contributed by atoms with Gasteiger partial charge in [0.15, 0.2) is 0 Å². The third kappa shape index (κ3) is 6.56. The summed E-state index contributed by atoms with van der Waals surface area (Å²) in [6.45, 7) is 0. The van der Waals surface area contributed by atoms with E-state index in [1.807, 2.05) is 0 Å². The molecule has 11 aromatic rings. The van der Waals surface area contributed by atoms with Gasteiger partial charge in [-0.1, -0.05) is 218 Å². The lowest BCUT2D eigenvalue weighted by Crippen LogP contribution is -2.13. The predicted octanol–water partition coefficient (Wildman–Crippen LogP) is 16.6. The van der Waals surface area contributed by atoms with Gasteiger partial charge in [0.2, 0.25) is 0 Å². The molecule has 11 rings (SSSR count). The van der Waals surface area contributed by atoms with E-state index in [1.165, 1.54) is 49.7 Å². The first-order valence-electron chi connectivity index (χ1n) is 21.3. The van der Waals surface area contributed by atoms with Crippen LogP contribution < -0.4 is 4.90 Å². The second kappa shape index (κ2) is 16.1. The third-order valence-electron chi connectivity index (χ3n) is 12.0. The second-order valence-corrected chi connectivity index (χ2v) is 15.6.